The van der Waals surface area contributed by atoms with E-state index in [0.29, 0.717) is 32.7 Å². The summed E-state index contributed by atoms with van der Waals surface area (Å²) in [6, 6.07) is 0. The van der Waals surface area contributed by atoms with E-state index in [4.69, 9.17) is 13.7 Å². The fraction of sp³-hybridized carbons (Fsp3) is 1.00. The molecule has 0 aliphatic carbocycles. The molecule has 2 atom stereocenters. The average Bonchev–Trinajstić information content (AvgIpc) is 2.50. The molecule has 6 heteroatoms. The Labute approximate surface area is 89.8 Å². The molecule has 0 aromatic carbocycles. The molecule has 0 N–H and O–H groups in total. The van der Waals surface area contributed by atoms with Crippen LogP contribution in [0.2, 0.25) is 0 Å². The lowest BCUT2D eigenvalue weighted by Gasteiger charge is -2.36. The predicted molar refractivity (Wildman–Crippen MR) is 53.1 cm³/mol. The molecule has 1 spiro atoms. The summed E-state index contributed by atoms with van der Waals surface area (Å²) >= 11 is 0. The van der Waals surface area contributed by atoms with Crippen LogP contribution in [-0.2, 0) is 23.8 Å². The summed E-state index contributed by atoms with van der Waals surface area (Å²) < 4.78 is 38.0. The molecule has 15 heavy (non-hydrogen) atoms. The van der Waals surface area contributed by atoms with Crippen molar-refractivity contribution in [2.24, 2.45) is 0 Å². The van der Waals surface area contributed by atoms with E-state index in [1.807, 2.05) is 0 Å². The highest BCUT2D eigenvalue weighted by atomic mass is 32.2. The zero-order chi connectivity index (χ0) is 10.9. The third kappa shape index (κ3) is 2.90. The maximum absolute atomic E-state index is 11.0. The van der Waals surface area contributed by atoms with Crippen LogP contribution in [0.25, 0.3) is 0 Å². The molecule has 2 fully saturated rings. The van der Waals surface area contributed by atoms with E-state index in [2.05, 4.69) is 0 Å². The summed E-state index contributed by atoms with van der Waals surface area (Å²) in [7, 11) is -3.37. The minimum absolute atomic E-state index is 0.254. The zero-order valence-corrected chi connectivity index (χ0v) is 9.59. The van der Waals surface area contributed by atoms with Gasteiger partial charge in [-0.25, -0.2) is 0 Å². The molecule has 2 heterocycles. The van der Waals surface area contributed by atoms with Gasteiger partial charge in [0.05, 0.1) is 24.6 Å². The van der Waals surface area contributed by atoms with Gasteiger partial charge in [-0.2, -0.15) is 8.42 Å². The second kappa shape index (κ2) is 4.01. The van der Waals surface area contributed by atoms with Gasteiger partial charge in [0.2, 0.25) is 0 Å². The number of hydrogen-bond donors (Lipinski definition) is 0. The first-order valence-electron chi connectivity index (χ1n) is 5.09. The molecule has 0 bridgehead atoms. The summed E-state index contributed by atoms with van der Waals surface area (Å²) in [6.07, 6.45) is 2.90. The van der Waals surface area contributed by atoms with Gasteiger partial charge in [-0.15, -0.1) is 0 Å². The SMILES string of the molecule is CS(=O)(=O)OC1CCOC2(CCOC2)C1. The molecule has 88 valence electrons. The molecule has 5 nitrogen and oxygen atoms in total. The summed E-state index contributed by atoms with van der Waals surface area (Å²) in [5.74, 6) is 0. The molecule has 2 rings (SSSR count). The summed E-state index contributed by atoms with van der Waals surface area (Å²) in [5.41, 5.74) is -0.298. The average molecular weight is 236 g/mol. The molecule has 0 saturated carbocycles. The Hall–Kier alpha value is -0.170. The normalized spacial score (nSPS) is 37.3. The Morgan fingerprint density at radius 3 is 2.80 bits per heavy atom. The fourth-order valence-electron chi connectivity index (χ4n) is 2.18. The van der Waals surface area contributed by atoms with Crippen LogP contribution in [0.15, 0.2) is 0 Å². The molecule has 2 aliphatic heterocycles. The van der Waals surface area contributed by atoms with Gasteiger partial charge in [0.25, 0.3) is 10.1 Å². The van der Waals surface area contributed by atoms with Crippen molar-refractivity contribution in [3.63, 3.8) is 0 Å². The molecule has 2 saturated heterocycles. The first-order valence-corrected chi connectivity index (χ1v) is 6.91. The molecule has 0 aromatic rings. The minimum Gasteiger partial charge on any atom is -0.378 e. The van der Waals surface area contributed by atoms with Crippen LogP contribution >= 0.6 is 0 Å². The molecule has 0 radical (unpaired) electrons. The predicted octanol–water partition coefficient (Wildman–Crippen LogP) is 0.301. The van der Waals surface area contributed by atoms with Crippen LogP contribution in [-0.4, -0.2) is 46.2 Å². The van der Waals surface area contributed by atoms with Gasteiger partial charge in [-0.3, -0.25) is 4.18 Å². The van der Waals surface area contributed by atoms with E-state index < -0.39 is 10.1 Å². The summed E-state index contributed by atoms with van der Waals surface area (Å²) in [5, 5.41) is 0. The summed E-state index contributed by atoms with van der Waals surface area (Å²) in [4.78, 5) is 0. The van der Waals surface area contributed by atoms with Crippen molar-refractivity contribution in [3.05, 3.63) is 0 Å². The van der Waals surface area contributed by atoms with Crippen LogP contribution in [0.1, 0.15) is 19.3 Å². The first-order chi connectivity index (χ1) is 6.99. The van der Waals surface area contributed by atoms with Crippen LogP contribution in [0, 0.1) is 0 Å². The van der Waals surface area contributed by atoms with Crippen LogP contribution in [0.4, 0.5) is 0 Å². The third-order valence-corrected chi connectivity index (χ3v) is 3.45. The Morgan fingerprint density at radius 2 is 2.20 bits per heavy atom. The van der Waals surface area contributed by atoms with E-state index in [9.17, 15) is 8.42 Å². The van der Waals surface area contributed by atoms with Gasteiger partial charge in [0, 0.05) is 26.1 Å². The zero-order valence-electron chi connectivity index (χ0n) is 8.77. The molecule has 2 aliphatic rings. The first kappa shape index (κ1) is 11.3. The maximum atomic E-state index is 11.0. The van der Waals surface area contributed by atoms with E-state index in [-0.39, 0.29) is 11.7 Å². The van der Waals surface area contributed by atoms with Crippen LogP contribution < -0.4 is 0 Å². The highest BCUT2D eigenvalue weighted by molar-refractivity contribution is 7.86. The highest BCUT2D eigenvalue weighted by Gasteiger charge is 2.42. The van der Waals surface area contributed by atoms with E-state index in [1.165, 1.54) is 0 Å². The molecule has 2 unspecified atom stereocenters. The fourth-order valence-corrected chi connectivity index (χ4v) is 2.83. The van der Waals surface area contributed by atoms with Crippen molar-refractivity contribution in [2.75, 3.05) is 26.1 Å². The second-order valence-electron chi connectivity index (χ2n) is 4.25. The largest absolute Gasteiger partial charge is 0.378 e. The van der Waals surface area contributed by atoms with Crippen LogP contribution in [0.3, 0.4) is 0 Å². The topological polar surface area (TPSA) is 61.8 Å². The molecule has 0 aromatic heterocycles. The van der Waals surface area contributed by atoms with Gasteiger partial charge in [0.15, 0.2) is 0 Å². The Balaban J connectivity index is 1.98. The Bertz CT molecular complexity index is 317. The van der Waals surface area contributed by atoms with E-state index in [1.54, 1.807) is 0 Å². The lowest BCUT2D eigenvalue weighted by molar-refractivity contribution is -0.111. The maximum Gasteiger partial charge on any atom is 0.264 e. The van der Waals surface area contributed by atoms with E-state index in [0.717, 1.165) is 12.7 Å². The van der Waals surface area contributed by atoms with Gasteiger partial charge in [0.1, 0.15) is 0 Å². The van der Waals surface area contributed by atoms with Gasteiger partial charge in [-0.05, 0) is 6.42 Å². The van der Waals surface area contributed by atoms with Gasteiger partial charge in [-0.1, -0.05) is 0 Å². The van der Waals surface area contributed by atoms with Crippen molar-refractivity contribution in [1.82, 2.24) is 0 Å². The van der Waals surface area contributed by atoms with Gasteiger partial charge >= 0.3 is 0 Å². The second-order valence-corrected chi connectivity index (χ2v) is 5.85. The monoisotopic (exact) mass is 236 g/mol. The Kier molecular flexibility index (Phi) is 3.03. The number of ether oxygens (including phenoxy) is 2. The van der Waals surface area contributed by atoms with Crippen molar-refractivity contribution < 1.29 is 22.1 Å². The molecule has 0 amide bonds. The highest BCUT2D eigenvalue weighted by Crippen LogP contribution is 2.34. The smallest absolute Gasteiger partial charge is 0.264 e. The van der Waals surface area contributed by atoms with Gasteiger partial charge < -0.3 is 9.47 Å². The van der Waals surface area contributed by atoms with Crippen molar-refractivity contribution >= 4 is 10.1 Å². The molecular weight excluding hydrogens is 220 g/mol. The van der Waals surface area contributed by atoms with E-state index >= 15 is 0 Å². The standard InChI is InChI=1S/C9H16O5S/c1-15(10,11)14-8-2-4-13-9(6-8)3-5-12-7-9/h8H,2-7H2,1H3. The van der Waals surface area contributed by atoms with Crippen LogP contribution in [0.5, 0.6) is 0 Å². The Morgan fingerprint density at radius 1 is 1.40 bits per heavy atom. The molecular formula is C9H16O5S. The number of hydrogen-bond acceptors (Lipinski definition) is 5. The number of rotatable bonds is 2. The minimum atomic E-state index is -3.37. The summed E-state index contributed by atoms with van der Waals surface area (Å²) in [6.45, 7) is 1.78. The van der Waals surface area contributed by atoms with Crippen molar-refractivity contribution in [2.45, 2.75) is 31.0 Å². The van der Waals surface area contributed by atoms with Crippen molar-refractivity contribution in [3.8, 4) is 0 Å². The quantitative estimate of drug-likeness (QED) is 0.645. The lowest BCUT2D eigenvalue weighted by atomic mass is 9.91. The lowest BCUT2D eigenvalue weighted by Crippen LogP contribution is -2.43. The van der Waals surface area contributed by atoms with Crippen molar-refractivity contribution in [1.29, 1.82) is 0 Å². The third-order valence-electron chi connectivity index (χ3n) is 2.83.